The zero-order valence-electron chi connectivity index (χ0n) is 9.83. The topological polar surface area (TPSA) is 37.4 Å². The highest BCUT2D eigenvalue weighted by molar-refractivity contribution is 7.89. The molecular weight excluding hydrogens is 246 g/mol. The first-order chi connectivity index (χ1) is 7.67. The maximum Gasteiger partial charge on any atom is 0.214 e. The van der Waals surface area contributed by atoms with Crippen LogP contribution in [0.15, 0.2) is 0 Å². The van der Waals surface area contributed by atoms with Crippen molar-refractivity contribution in [3.05, 3.63) is 0 Å². The molecule has 0 radical (unpaired) electrons. The molecule has 0 N–H and O–H groups in total. The summed E-state index contributed by atoms with van der Waals surface area (Å²) >= 11 is 5.56. The third kappa shape index (κ3) is 5.02. The summed E-state index contributed by atoms with van der Waals surface area (Å²) in [6, 6.07) is 0. The Morgan fingerprint density at radius 2 is 1.50 bits per heavy atom. The molecule has 1 heterocycles. The number of rotatable bonds is 5. The highest BCUT2D eigenvalue weighted by atomic mass is 35.5. The van der Waals surface area contributed by atoms with Crippen molar-refractivity contribution >= 4 is 21.6 Å². The van der Waals surface area contributed by atoms with E-state index >= 15 is 0 Å². The van der Waals surface area contributed by atoms with Crippen molar-refractivity contribution in [2.45, 2.75) is 44.9 Å². The summed E-state index contributed by atoms with van der Waals surface area (Å²) in [6.45, 7) is 1.42. The summed E-state index contributed by atoms with van der Waals surface area (Å²) in [5, 5.41) is 0. The fourth-order valence-electron chi connectivity index (χ4n) is 2.00. The molecule has 96 valence electrons. The van der Waals surface area contributed by atoms with Gasteiger partial charge in [0, 0.05) is 19.0 Å². The van der Waals surface area contributed by atoms with Crippen LogP contribution in [0.5, 0.6) is 0 Å². The summed E-state index contributed by atoms with van der Waals surface area (Å²) in [5.41, 5.74) is 0. The normalized spacial score (nSPS) is 20.3. The predicted molar refractivity (Wildman–Crippen MR) is 68.4 cm³/mol. The van der Waals surface area contributed by atoms with E-state index in [0.717, 1.165) is 32.1 Å². The van der Waals surface area contributed by atoms with Gasteiger partial charge in [-0.2, -0.15) is 0 Å². The molecule has 0 amide bonds. The maximum atomic E-state index is 12.0. The van der Waals surface area contributed by atoms with Crippen molar-refractivity contribution in [2.24, 2.45) is 0 Å². The van der Waals surface area contributed by atoms with Gasteiger partial charge in [-0.3, -0.25) is 0 Å². The number of unbranched alkanes of at least 4 members (excludes halogenated alkanes) is 1. The van der Waals surface area contributed by atoms with E-state index in [0.29, 0.717) is 25.4 Å². The van der Waals surface area contributed by atoms with Crippen LogP contribution in [-0.2, 0) is 10.0 Å². The number of hydrogen-bond donors (Lipinski definition) is 0. The molecule has 0 aromatic rings. The van der Waals surface area contributed by atoms with Gasteiger partial charge in [0.05, 0.1) is 5.75 Å². The van der Waals surface area contributed by atoms with E-state index in [9.17, 15) is 8.42 Å². The van der Waals surface area contributed by atoms with Gasteiger partial charge < -0.3 is 0 Å². The van der Waals surface area contributed by atoms with Gasteiger partial charge in [-0.25, -0.2) is 12.7 Å². The van der Waals surface area contributed by atoms with Gasteiger partial charge in [0.15, 0.2) is 0 Å². The Balaban J connectivity index is 2.44. The summed E-state index contributed by atoms with van der Waals surface area (Å²) < 4.78 is 25.7. The highest BCUT2D eigenvalue weighted by Crippen LogP contribution is 2.14. The molecule has 1 fully saturated rings. The first-order valence-electron chi connectivity index (χ1n) is 6.20. The second kappa shape index (κ2) is 7.51. The van der Waals surface area contributed by atoms with E-state index in [2.05, 4.69) is 0 Å². The van der Waals surface area contributed by atoms with Crippen LogP contribution in [0.25, 0.3) is 0 Å². The third-order valence-corrected chi connectivity index (χ3v) is 5.22. The molecule has 16 heavy (non-hydrogen) atoms. The van der Waals surface area contributed by atoms with E-state index in [1.165, 1.54) is 6.42 Å². The zero-order valence-corrected chi connectivity index (χ0v) is 11.4. The van der Waals surface area contributed by atoms with Crippen LogP contribution in [0.2, 0.25) is 0 Å². The monoisotopic (exact) mass is 267 g/mol. The Kier molecular flexibility index (Phi) is 6.70. The summed E-state index contributed by atoms with van der Waals surface area (Å²) in [5.74, 6) is 0.815. The predicted octanol–water partition coefficient (Wildman–Crippen LogP) is 2.60. The van der Waals surface area contributed by atoms with Gasteiger partial charge in [-0.05, 0) is 25.7 Å². The summed E-state index contributed by atoms with van der Waals surface area (Å²) in [7, 11) is -3.02. The molecular formula is C11H22ClNO2S. The lowest BCUT2D eigenvalue weighted by Gasteiger charge is -2.24. The Morgan fingerprint density at radius 3 is 2.06 bits per heavy atom. The Bertz CT molecular complexity index is 272. The average Bonchev–Trinajstić information content (AvgIpc) is 2.16. The number of sulfonamides is 1. The molecule has 0 aromatic carbocycles. The molecule has 0 spiro atoms. The van der Waals surface area contributed by atoms with Crippen molar-refractivity contribution in [1.82, 2.24) is 4.31 Å². The smallest absolute Gasteiger partial charge is 0.212 e. The SMILES string of the molecule is O=S(=O)(CCCCCl)N1CCCCCCC1. The molecule has 0 unspecified atom stereocenters. The van der Waals surface area contributed by atoms with Crippen LogP contribution in [0.1, 0.15) is 44.9 Å². The Hall–Kier alpha value is 0.200. The van der Waals surface area contributed by atoms with E-state index in [1.807, 2.05) is 0 Å². The molecule has 0 bridgehead atoms. The molecule has 3 nitrogen and oxygen atoms in total. The lowest BCUT2D eigenvalue weighted by Crippen LogP contribution is -2.35. The molecule has 0 saturated carbocycles. The fraction of sp³-hybridized carbons (Fsp3) is 1.00. The van der Waals surface area contributed by atoms with Gasteiger partial charge in [-0.15, -0.1) is 11.6 Å². The minimum Gasteiger partial charge on any atom is -0.212 e. The fourth-order valence-corrected chi connectivity index (χ4v) is 3.84. The molecule has 1 aliphatic rings. The van der Waals surface area contributed by atoms with Gasteiger partial charge in [0.2, 0.25) is 10.0 Å². The van der Waals surface area contributed by atoms with E-state index in [1.54, 1.807) is 4.31 Å². The van der Waals surface area contributed by atoms with Gasteiger partial charge >= 0.3 is 0 Å². The minimum atomic E-state index is -3.02. The largest absolute Gasteiger partial charge is 0.214 e. The van der Waals surface area contributed by atoms with Crippen LogP contribution in [0.3, 0.4) is 0 Å². The second-order valence-electron chi connectivity index (χ2n) is 4.38. The van der Waals surface area contributed by atoms with Crippen molar-refractivity contribution in [2.75, 3.05) is 24.7 Å². The third-order valence-electron chi connectivity index (χ3n) is 2.99. The Morgan fingerprint density at radius 1 is 0.938 bits per heavy atom. The lowest BCUT2D eigenvalue weighted by atomic mass is 10.1. The highest BCUT2D eigenvalue weighted by Gasteiger charge is 2.21. The minimum absolute atomic E-state index is 0.264. The van der Waals surface area contributed by atoms with Crippen LogP contribution in [0, 0.1) is 0 Å². The summed E-state index contributed by atoms with van der Waals surface area (Å²) in [4.78, 5) is 0. The van der Waals surface area contributed by atoms with Gasteiger partial charge in [0.1, 0.15) is 0 Å². The number of hydrogen-bond acceptors (Lipinski definition) is 2. The van der Waals surface area contributed by atoms with Gasteiger partial charge in [-0.1, -0.05) is 19.3 Å². The number of halogens is 1. The van der Waals surface area contributed by atoms with Crippen molar-refractivity contribution in [3.63, 3.8) is 0 Å². The zero-order chi connectivity index (χ0) is 11.9. The molecule has 1 rings (SSSR count). The molecule has 1 aliphatic heterocycles. The van der Waals surface area contributed by atoms with E-state index in [-0.39, 0.29) is 5.75 Å². The van der Waals surface area contributed by atoms with Crippen LogP contribution in [0.4, 0.5) is 0 Å². The van der Waals surface area contributed by atoms with Crippen LogP contribution >= 0.6 is 11.6 Å². The molecule has 0 atom stereocenters. The van der Waals surface area contributed by atoms with Crippen molar-refractivity contribution in [1.29, 1.82) is 0 Å². The number of alkyl halides is 1. The molecule has 1 saturated heterocycles. The van der Waals surface area contributed by atoms with Crippen molar-refractivity contribution in [3.8, 4) is 0 Å². The van der Waals surface area contributed by atoms with Crippen LogP contribution in [-0.4, -0.2) is 37.4 Å². The summed E-state index contributed by atoms with van der Waals surface area (Å²) in [6.07, 6.45) is 7.06. The van der Waals surface area contributed by atoms with Gasteiger partial charge in [0.25, 0.3) is 0 Å². The number of nitrogens with zero attached hydrogens (tertiary/aromatic N) is 1. The molecule has 0 aromatic heterocycles. The van der Waals surface area contributed by atoms with Crippen molar-refractivity contribution < 1.29 is 8.42 Å². The first kappa shape index (κ1) is 14.3. The first-order valence-corrected chi connectivity index (χ1v) is 8.35. The van der Waals surface area contributed by atoms with E-state index < -0.39 is 10.0 Å². The Labute approximate surface area is 104 Å². The quantitative estimate of drug-likeness (QED) is 0.567. The average molecular weight is 268 g/mol. The second-order valence-corrected chi connectivity index (χ2v) is 6.85. The lowest BCUT2D eigenvalue weighted by molar-refractivity contribution is 0.363. The maximum absolute atomic E-state index is 12.0. The van der Waals surface area contributed by atoms with Crippen LogP contribution < -0.4 is 0 Å². The van der Waals surface area contributed by atoms with E-state index in [4.69, 9.17) is 11.6 Å². The molecule has 0 aliphatic carbocycles. The molecule has 5 heteroatoms. The standard InChI is InChI=1S/C11H22ClNO2S/c12-8-4-7-11-16(14,15)13-9-5-2-1-3-6-10-13/h1-11H2.